The Bertz CT molecular complexity index is 624. The number of benzene rings is 1. The molecule has 1 aromatic rings. The predicted octanol–water partition coefficient (Wildman–Crippen LogP) is 1.32. The quantitative estimate of drug-likeness (QED) is 0.630. The summed E-state index contributed by atoms with van der Waals surface area (Å²) in [5.74, 6) is 0. The molecule has 2 rings (SSSR count). The van der Waals surface area contributed by atoms with Gasteiger partial charge in [-0.3, -0.25) is 10.1 Å². The number of piperidine rings is 1. The minimum Gasteiger partial charge on any atom is -0.313 e. The maximum Gasteiger partial charge on any atom is 0.273 e. The summed E-state index contributed by atoms with van der Waals surface area (Å²) in [4.78, 5) is 10.2. The fourth-order valence-corrected chi connectivity index (χ4v) is 3.45. The monoisotopic (exact) mass is 313 g/mol. The molecule has 0 spiro atoms. The molecule has 0 saturated carbocycles. The maximum atomic E-state index is 12.2. The van der Waals surface area contributed by atoms with E-state index in [0.29, 0.717) is 12.1 Å². The van der Waals surface area contributed by atoms with Crippen molar-refractivity contribution in [2.24, 2.45) is 0 Å². The minimum absolute atomic E-state index is 0.0735. The predicted molar refractivity (Wildman–Crippen MR) is 78.7 cm³/mol. The van der Waals surface area contributed by atoms with Crippen LogP contribution >= 0.6 is 0 Å². The highest BCUT2D eigenvalue weighted by atomic mass is 32.2. The summed E-state index contributed by atoms with van der Waals surface area (Å²) >= 11 is 0. The van der Waals surface area contributed by atoms with Gasteiger partial charge in [0.25, 0.3) is 5.69 Å². The Morgan fingerprint density at radius 1 is 1.43 bits per heavy atom. The van der Waals surface area contributed by atoms with E-state index < -0.39 is 14.9 Å². The van der Waals surface area contributed by atoms with Crippen LogP contribution in [0.4, 0.5) is 5.69 Å². The molecule has 2 N–H and O–H groups in total. The molecular weight excluding hydrogens is 294 g/mol. The van der Waals surface area contributed by atoms with Crippen molar-refractivity contribution < 1.29 is 13.3 Å². The number of rotatable bonds is 5. The van der Waals surface area contributed by atoms with E-state index in [1.165, 1.54) is 12.1 Å². The molecule has 0 aliphatic carbocycles. The number of nitrogens with one attached hydrogen (secondary N) is 2. The average Bonchev–Trinajstić information content (AvgIpc) is 2.46. The second-order valence-electron chi connectivity index (χ2n) is 5.20. The van der Waals surface area contributed by atoms with Gasteiger partial charge >= 0.3 is 0 Å². The Morgan fingerprint density at radius 2 is 2.19 bits per heavy atom. The van der Waals surface area contributed by atoms with Gasteiger partial charge < -0.3 is 5.32 Å². The molecule has 0 aromatic heterocycles. The van der Waals surface area contributed by atoms with Crippen molar-refractivity contribution in [3.05, 3.63) is 33.9 Å². The van der Waals surface area contributed by atoms with E-state index in [1.54, 1.807) is 6.92 Å². The number of nitro groups is 1. The Balaban J connectivity index is 2.11. The van der Waals surface area contributed by atoms with E-state index in [1.807, 2.05) is 0 Å². The van der Waals surface area contributed by atoms with Crippen molar-refractivity contribution in [3.8, 4) is 0 Å². The highest BCUT2D eigenvalue weighted by molar-refractivity contribution is 7.89. The lowest BCUT2D eigenvalue weighted by molar-refractivity contribution is -0.385. The summed E-state index contributed by atoms with van der Waals surface area (Å²) < 4.78 is 26.9. The lowest BCUT2D eigenvalue weighted by atomic mass is 10.1. The Hall–Kier alpha value is -1.51. The third-order valence-electron chi connectivity index (χ3n) is 3.62. The standard InChI is InChI=1S/C13H19N3O4S/c1-10-5-6-12(8-13(10)16(17)18)21(19,20)15-9-11-4-2-3-7-14-11/h5-6,8,11,14-15H,2-4,7,9H2,1H3. The zero-order chi connectivity index (χ0) is 15.5. The smallest absolute Gasteiger partial charge is 0.273 e. The molecule has 1 aliphatic rings. The molecule has 0 bridgehead atoms. The van der Waals surface area contributed by atoms with Gasteiger partial charge in [0, 0.05) is 24.2 Å². The summed E-state index contributed by atoms with van der Waals surface area (Å²) in [6.45, 7) is 2.76. The van der Waals surface area contributed by atoms with Crippen LogP contribution in [0.1, 0.15) is 24.8 Å². The van der Waals surface area contributed by atoms with Crippen LogP contribution in [0.5, 0.6) is 0 Å². The molecule has 0 amide bonds. The van der Waals surface area contributed by atoms with Crippen LogP contribution < -0.4 is 10.0 Å². The van der Waals surface area contributed by atoms with Gasteiger partial charge in [-0.15, -0.1) is 0 Å². The van der Waals surface area contributed by atoms with Crippen LogP contribution in [0.3, 0.4) is 0 Å². The van der Waals surface area contributed by atoms with E-state index in [0.717, 1.165) is 31.9 Å². The van der Waals surface area contributed by atoms with Crippen LogP contribution in [-0.4, -0.2) is 32.5 Å². The van der Waals surface area contributed by atoms with Crippen LogP contribution in [-0.2, 0) is 10.0 Å². The first-order chi connectivity index (χ1) is 9.90. The number of nitro benzene ring substituents is 1. The number of nitrogens with zero attached hydrogens (tertiary/aromatic N) is 1. The molecular formula is C13H19N3O4S. The maximum absolute atomic E-state index is 12.2. The van der Waals surface area contributed by atoms with Gasteiger partial charge in [-0.25, -0.2) is 13.1 Å². The highest BCUT2D eigenvalue weighted by Gasteiger charge is 2.21. The number of sulfonamides is 1. The zero-order valence-corrected chi connectivity index (χ0v) is 12.6. The van der Waals surface area contributed by atoms with Crippen molar-refractivity contribution in [3.63, 3.8) is 0 Å². The molecule has 1 aromatic carbocycles. The van der Waals surface area contributed by atoms with E-state index in [9.17, 15) is 18.5 Å². The van der Waals surface area contributed by atoms with Gasteiger partial charge in [0.1, 0.15) is 0 Å². The average molecular weight is 313 g/mol. The molecule has 116 valence electrons. The summed E-state index contributed by atoms with van der Waals surface area (Å²) in [6.07, 6.45) is 3.11. The topological polar surface area (TPSA) is 101 Å². The summed E-state index contributed by atoms with van der Waals surface area (Å²) in [5, 5.41) is 14.1. The number of hydrogen-bond acceptors (Lipinski definition) is 5. The largest absolute Gasteiger partial charge is 0.313 e. The normalized spacial score (nSPS) is 19.4. The van der Waals surface area contributed by atoms with Crippen molar-refractivity contribution in [2.75, 3.05) is 13.1 Å². The van der Waals surface area contributed by atoms with E-state index in [2.05, 4.69) is 10.0 Å². The summed E-state index contributed by atoms with van der Waals surface area (Å²) in [7, 11) is -3.73. The molecule has 8 heteroatoms. The third-order valence-corrected chi connectivity index (χ3v) is 5.04. The molecule has 1 saturated heterocycles. The SMILES string of the molecule is Cc1ccc(S(=O)(=O)NCC2CCCCN2)cc1[N+](=O)[O-]. The van der Waals surface area contributed by atoms with Crippen molar-refractivity contribution in [1.29, 1.82) is 0 Å². The zero-order valence-electron chi connectivity index (χ0n) is 11.8. The van der Waals surface area contributed by atoms with E-state index in [-0.39, 0.29) is 16.6 Å². The summed E-state index contributed by atoms with van der Waals surface area (Å²) in [5.41, 5.74) is 0.251. The Morgan fingerprint density at radius 3 is 2.81 bits per heavy atom. The van der Waals surface area contributed by atoms with Crippen LogP contribution in [0.15, 0.2) is 23.1 Å². The van der Waals surface area contributed by atoms with Crippen molar-refractivity contribution in [1.82, 2.24) is 10.0 Å². The van der Waals surface area contributed by atoms with Gasteiger partial charge in [0.15, 0.2) is 0 Å². The van der Waals surface area contributed by atoms with Gasteiger partial charge in [-0.1, -0.05) is 12.5 Å². The molecule has 0 radical (unpaired) electrons. The first-order valence-electron chi connectivity index (χ1n) is 6.88. The fraction of sp³-hybridized carbons (Fsp3) is 0.538. The lowest BCUT2D eigenvalue weighted by Gasteiger charge is -2.23. The molecule has 1 unspecified atom stereocenters. The van der Waals surface area contributed by atoms with E-state index >= 15 is 0 Å². The summed E-state index contributed by atoms with van der Waals surface area (Å²) in [6, 6.07) is 4.06. The van der Waals surface area contributed by atoms with Gasteiger partial charge in [0.05, 0.1) is 9.82 Å². The molecule has 1 fully saturated rings. The first-order valence-corrected chi connectivity index (χ1v) is 8.36. The van der Waals surface area contributed by atoms with Crippen LogP contribution in [0.25, 0.3) is 0 Å². The molecule has 1 atom stereocenters. The van der Waals surface area contributed by atoms with Gasteiger partial charge in [-0.2, -0.15) is 0 Å². The Labute approximate surface area is 123 Å². The molecule has 1 aliphatic heterocycles. The highest BCUT2D eigenvalue weighted by Crippen LogP contribution is 2.22. The van der Waals surface area contributed by atoms with Crippen LogP contribution in [0, 0.1) is 17.0 Å². The van der Waals surface area contributed by atoms with Crippen molar-refractivity contribution >= 4 is 15.7 Å². The molecule has 7 nitrogen and oxygen atoms in total. The van der Waals surface area contributed by atoms with Crippen molar-refractivity contribution in [2.45, 2.75) is 37.1 Å². The van der Waals surface area contributed by atoms with E-state index in [4.69, 9.17) is 0 Å². The van der Waals surface area contributed by atoms with Crippen LogP contribution in [0.2, 0.25) is 0 Å². The Kier molecular flexibility index (Phi) is 4.92. The third kappa shape index (κ3) is 3.99. The molecule has 21 heavy (non-hydrogen) atoms. The fourth-order valence-electron chi connectivity index (χ4n) is 2.34. The first kappa shape index (κ1) is 15.9. The number of aryl methyl sites for hydroxylation is 1. The second kappa shape index (κ2) is 6.50. The molecule has 1 heterocycles. The minimum atomic E-state index is -3.73. The van der Waals surface area contributed by atoms with Gasteiger partial charge in [0.2, 0.25) is 10.0 Å². The van der Waals surface area contributed by atoms with Gasteiger partial charge in [-0.05, 0) is 32.4 Å². The lowest BCUT2D eigenvalue weighted by Crippen LogP contribution is -2.43. The second-order valence-corrected chi connectivity index (χ2v) is 6.97. The number of hydrogen-bond donors (Lipinski definition) is 2.